The number of aryl methyl sites for hydroxylation is 1. The first-order valence-electron chi connectivity index (χ1n) is 5.68. The summed E-state index contributed by atoms with van der Waals surface area (Å²) in [6, 6.07) is 5.05. The van der Waals surface area contributed by atoms with Crippen LogP contribution in [0.2, 0.25) is 5.02 Å². The molecular weight excluding hydrogens is 284 g/mol. The van der Waals surface area contributed by atoms with Crippen LogP contribution in [-0.4, -0.2) is 21.2 Å². The molecule has 1 aromatic carbocycles. The van der Waals surface area contributed by atoms with Crippen molar-refractivity contribution in [1.29, 1.82) is 0 Å². The lowest BCUT2D eigenvalue weighted by molar-refractivity contribution is -0.131. The maximum Gasteiger partial charge on any atom is 0.328 e. The van der Waals surface area contributed by atoms with Crippen LogP contribution < -0.4 is 4.74 Å². The number of carbonyl (C=O) groups is 1. The molecule has 0 atom stereocenters. The Kier molecular flexibility index (Phi) is 4.37. The second-order valence-corrected chi connectivity index (χ2v) is 4.26. The molecule has 0 radical (unpaired) electrons. The molecule has 2 rings (SSSR count). The maximum atomic E-state index is 10.6. The van der Waals surface area contributed by atoms with Crippen LogP contribution in [-0.2, 0) is 11.4 Å². The van der Waals surface area contributed by atoms with Crippen LogP contribution >= 0.6 is 11.6 Å². The number of carboxylic acid groups (broad SMARTS) is 1. The highest BCUT2D eigenvalue weighted by atomic mass is 35.5. The second-order valence-electron chi connectivity index (χ2n) is 3.85. The molecule has 0 aliphatic carbocycles. The minimum Gasteiger partial charge on any atom is -0.483 e. The Hall–Kier alpha value is -2.34. The molecule has 0 aliphatic rings. The van der Waals surface area contributed by atoms with E-state index in [4.69, 9.17) is 26.0 Å². The van der Waals surface area contributed by atoms with Gasteiger partial charge in [-0.05, 0) is 12.1 Å². The maximum absolute atomic E-state index is 10.6. The van der Waals surface area contributed by atoms with Crippen molar-refractivity contribution in [2.45, 2.75) is 13.5 Å². The van der Waals surface area contributed by atoms with E-state index in [2.05, 4.69) is 10.1 Å². The van der Waals surface area contributed by atoms with Crippen molar-refractivity contribution < 1.29 is 19.2 Å². The molecule has 0 saturated heterocycles. The number of aromatic nitrogens is 2. The number of rotatable bonds is 5. The summed E-state index contributed by atoms with van der Waals surface area (Å²) in [4.78, 5) is 14.6. The Bertz CT molecular complexity index is 652. The molecule has 1 N–H and O–H groups in total. The van der Waals surface area contributed by atoms with Crippen molar-refractivity contribution in [1.82, 2.24) is 10.1 Å². The van der Waals surface area contributed by atoms with Gasteiger partial charge in [0.05, 0.1) is 5.02 Å². The fourth-order valence-electron chi connectivity index (χ4n) is 1.51. The summed E-state index contributed by atoms with van der Waals surface area (Å²) in [7, 11) is 0. The molecule has 20 heavy (non-hydrogen) atoms. The Balaban J connectivity index is 2.19. The summed E-state index contributed by atoms with van der Waals surface area (Å²) >= 11 is 6.05. The van der Waals surface area contributed by atoms with Gasteiger partial charge in [-0.2, -0.15) is 4.98 Å². The van der Waals surface area contributed by atoms with Crippen LogP contribution in [0, 0.1) is 6.92 Å². The lowest BCUT2D eigenvalue weighted by atomic mass is 10.2. The van der Waals surface area contributed by atoms with Gasteiger partial charge in [-0.25, -0.2) is 4.79 Å². The number of benzene rings is 1. The molecule has 0 bridgehead atoms. The van der Waals surface area contributed by atoms with E-state index in [1.165, 1.54) is 6.08 Å². The third kappa shape index (κ3) is 3.58. The number of carboxylic acids is 1. The SMILES string of the molecule is Cc1nc(COc2c(Cl)cccc2/C=C/C(=O)O)no1. The molecule has 7 heteroatoms. The normalized spacial score (nSPS) is 10.9. The van der Waals surface area contributed by atoms with E-state index >= 15 is 0 Å². The Morgan fingerprint density at radius 1 is 1.55 bits per heavy atom. The summed E-state index contributed by atoms with van der Waals surface area (Å²) in [6.07, 6.45) is 2.42. The van der Waals surface area contributed by atoms with Crippen molar-refractivity contribution in [3.63, 3.8) is 0 Å². The number of ether oxygens (including phenoxy) is 1. The third-order valence-corrected chi connectivity index (χ3v) is 2.62. The summed E-state index contributed by atoms with van der Waals surface area (Å²) in [5, 5.41) is 12.7. The molecule has 0 fully saturated rings. The van der Waals surface area contributed by atoms with Crippen molar-refractivity contribution in [2.75, 3.05) is 0 Å². The van der Waals surface area contributed by atoms with E-state index in [1.54, 1.807) is 25.1 Å². The molecule has 0 unspecified atom stereocenters. The molecule has 0 aliphatic heterocycles. The second kappa shape index (κ2) is 6.21. The smallest absolute Gasteiger partial charge is 0.328 e. The van der Waals surface area contributed by atoms with E-state index in [9.17, 15) is 4.79 Å². The zero-order valence-corrected chi connectivity index (χ0v) is 11.3. The van der Waals surface area contributed by atoms with Crippen LogP contribution in [0.15, 0.2) is 28.8 Å². The van der Waals surface area contributed by atoms with Gasteiger partial charge in [0.15, 0.2) is 6.61 Å². The van der Waals surface area contributed by atoms with Crippen LogP contribution in [0.25, 0.3) is 6.08 Å². The first-order valence-corrected chi connectivity index (χ1v) is 6.05. The van der Waals surface area contributed by atoms with Crippen LogP contribution in [0.5, 0.6) is 5.75 Å². The van der Waals surface area contributed by atoms with Gasteiger partial charge in [0.2, 0.25) is 11.7 Å². The predicted octanol–water partition coefficient (Wildman–Crippen LogP) is 2.71. The summed E-state index contributed by atoms with van der Waals surface area (Å²) < 4.78 is 10.4. The van der Waals surface area contributed by atoms with E-state index in [0.717, 1.165) is 6.08 Å². The monoisotopic (exact) mass is 294 g/mol. The highest BCUT2D eigenvalue weighted by molar-refractivity contribution is 6.32. The van der Waals surface area contributed by atoms with Gasteiger partial charge in [-0.15, -0.1) is 0 Å². The Morgan fingerprint density at radius 2 is 2.35 bits per heavy atom. The zero-order chi connectivity index (χ0) is 14.5. The van der Waals surface area contributed by atoms with E-state index in [1.807, 2.05) is 0 Å². The van der Waals surface area contributed by atoms with Gasteiger partial charge >= 0.3 is 5.97 Å². The average Bonchev–Trinajstić information content (AvgIpc) is 2.81. The molecule has 1 aromatic heterocycles. The fraction of sp³-hybridized carbons (Fsp3) is 0.154. The number of hydrogen-bond acceptors (Lipinski definition) is 5. The molecule has 0 amide bonds. The van der Waals surface area contributed by atoms with E-state index in [0.29, 0.717) is 28.1 Å². The lowest BCUT2D eigenvalue weighted by Crippen LogP contribution is -2.00. The highest BCUT2D eigenvalue weighted by Gasteiger charge is 2.09. The molecule has 0 spiro atoms. The summed E-state index contributed by atoms with van der Waals surface area (Å²) in [5.74, 6) is 0.142. The van der Waals surface area contributed by atoms with Gasteiger partial charge in [-0.3, -0.25) is 0 Å². The van der Waals surface area contributed by atoms with Gasteiger partial charge in [0.25, 0.3) is 0 Å². The van der Waals surface area contributed by atoms with Crippen molar-refractivity contribution >= 4 is 23.6 Å². The molecule has 2 aromatic rings. The number of aliphatic carboxylic acids is 1. The van der Waals surface area contributed by atoms with Gasteiger partial charge in [-0.1, -0.05) is 28.9 Å². The third-order valence-electron chi connectivity index (χ3n) is 2.32. The fourth-order valence-corrected chi connectivity index (χ4v) is 1.74. The van der Waals surface area contributed by atoms with E-state index in [-0.39, 0.29) is 6.61 Å². The van der Waals surface area contributed by atoms with E-state index < -0.39 is 5.97 Å². The topological polar surface area (TPSA) is 85.5 Å². The first kappa shape index (κ1) is 14.1. The molecule has 1 heterocycles. The summed E-state index contributed by atoms with van der Waals surface area (Å²) in [5.41, 5.74) is 0.556. The van der Waals surface area contributed by atoms with Gasteiger partial charge in [0, 0.05) is 18.6 Å². The standard InChI is InChI=1S/C13H11ClN2O4/c1-8-15-11(16-20-8)7-19-13-9(5-6-12(17)18)3-2-4-10(13)14/h2-6H,7H2,1H3,(H,17,18)/b6-5+. The Morgan fingerprint density at radius 3 is 3.00 bits per heavy atom. The minimum atomic E-state index is -1.05. The first-order chi connectivity index (χ1) is 9.56. The average molecular weight is 295 g/mol. The van der Waals surface area contributed by atoms with Crippen LogP contribution in [0.1, 0.15) is 17.3 Å². The van der Waals surface area contributed by atoms with Crippen LogP contribution in [0.4, 0.5) is 0 Å². The number of hydrogen-bond donors (Lipinski definition) is 1. The molecule has 104 valence electrons. The molecule has 0 saturated carbocycles. The zero-order valence-electron chi connectivity index (χ0n) is 10.5. The summed E-state index contributed by atoms with van der Waals surface area (Å²) in [6.45, 7) is 1.75. The number of para-hydroxylation sites is 1. The largest absolute Gasteiger partial charge is 0.483 e. The lowest BCUT2D eigenvalue weighted by Gasteiger charge is -2.09. The van der Waals surface area contributed by atoms with Gasteiger partial charge < -0.3 is 14.4 Å². The predicted molar refractivity (Wildman–Crippen MR) is 71.5 cm³/mol. The number of nitrogens with zero attached hydrogens (tertiary/aromatic N) is 2. The van der Waals surface area contributed by atoms with Gasteiger partial charge in [0.1, 0.15) is 5.75 Å². The molecular formula is C13H11ClN2O4. The van der Waals surface area contributed by atoms with Crippen molar-refractivity contribution in [2.24, 2.45) is 0 Å². The minimum absolute atomic E-state index is 0.0784. The van der Waals surface area contributed by atoms with Crippen molar-refractivity contribution in [3.8, 4) is 5.75 Å². The van der Waals surface area contributed by atoms with Crippen molar-refractivity contribution in [3.05, 3.63) is 46.6 Å². The highest BCUT2D eigenvalue weighted by Crippen LogP contribution is 2.30. The Labute approximate surface area is 119 Å². The molecule has 6 nitrogen and oxygen atoms in total. The van der Waals surface area contributed by atoms with Crippen LogP contribution in [0.3, 0.4) is 0 Å². The quantitative estimate of drug-likeness (QED) is 0.853. The number of halogens is 1.